The molecule has 0 bridgehead atoms. The van der Waals surface area contributed by atoms with Crippen molar-refractivity contribution in [2.75, 3.05) is 5.73 Å². The zero-order chi connectivity index (χ0) is 6.85. The van der Waals surface area contributed by atoms with Gasteiger partial charge in [0.2, 0.25) is 0 Å². The second kappa shape index (κ2) is 2.23. The van der Waals surface area contributed by atoms with Gasteiger partial charge in [0.05, 0.1) is 0 Å². The molecule has 4 heteroatoms. The summed E-state index contributed by atoms with van der Waals surface area (Å²) in [5, 5.41) is 0. The molecule has 3 N–H and O–H groups in total. The predicted octanol–water partition coefficient (Wildman–Crippen LogP) is 1.15. The summed E-state index contributed by atoms with van der Waals surface area (Å²) in [7, 11) is 0. The van der Waals surface area contributed by atoms with E-state index >= 15 is 0 Å². The van der Waals surface area contributed by atoms with Crippen molar-refractivity contribution >= 4 is 18.0 Å². The highest BCUT2D eigenvalue weighted by Crippen LogP contribution is 1.98. The van der Waals surface area contributed by atoms with Crippen molar-refractivity contribution in [3.63, 3.8) is 0 Å². The maximum Gasteiger partial charge on any atom is 0.178 e. The van der Waals surface area contributed by atoms with E-state index in [0.717, 1.165) is 6.54 Å². The molecule has 0 fully saturated rings. The first-order valence-corrected chi connectivity index (χ1v) is 3.19. The van der Waals surface area contributed by atoms with Gasteiger partial charge in [0.1, 0.15) is 5.82 Å². The number of aromatic nitrogens is 2. The van der Waals surface area contributed by atoms with Gasteiger partial charge in [0, 0.05) is 12.7 Å². The molecule has 0 unspecified atom stereocenters. The number of H-pyrrole nitrogens is 1. The number of nitrogens with zero attached hydrogens (tertiary/aromatic N) is 1. The molecule has 0 aromatic carbocycles. The number of aromatic amines is 1. The van der Waals surface area contributed by atoms with Crippen molar-refractivity contribution in [3.8, 4) is 0 Å². The lowest BCUT2D eigenvalue weighted by Crippen LogP contribution is -1.89. The second-order valence-corrected chi connectivity index (χ2v) is 2.19. The Bertz CT molecular complexity index is 247. The van der Waals surface area contributed by atoms with Crippen LogP contribution in [0.5, 0.6) is 0 Å². The molecule has 9 heavy (non-hydrogen) atoms. The number of nitrogens with one attached hydrogen (secondary N) is 1. The van der Waals surface area contributed by atoms with Crippen LogP contribution in [0.15, 0.2) is 6.20 Å². The fourth-order valence-corrected chi connectivity index (χ4v) is 0.989. The molecule has 0 radical (unpaired) electrons. The minimum atomic E-state index is 0.627. The van der Waals surface area contributed by atoms with Crippen LogP contribution in [0.1, 0.15) is 6.92 Å². The number of nitrogens with two attached hydrogens (primary N) is 1. The molecule has 1 rings (SSSR count). The zero-order valence-electron chi connectivity index (χ0n) is 5.22. The molecule has 0 aliphatic rings. The molecule has 0 amide bonds. The number of imidazole rings is 1. The molecule has 0 aliphatic heterocycles. The molecule has 0 saturated carbocycles. The quantitative estimate of drug-likeness (QED) is 0.579. The molecule has 1 heterocycles. The van der Waals surface area contributed by atoms with Crippen molar-refractivity contribution in [2.24, 2.45) is 0 Å². The Hall–Kier alpha value is -0.770. The van der Waals surface area contributed by atoms with Crippen LogP contribution < -0.4 is 5.73 Å². The third-order valence-electron chi connectivity index (χ3n) is 1.15. The molecule has 0 saturated heterocycles. The molecular formula is C5H9N3S. The van der Waals surface area contributed by atoms with E-state index in [1.54, 1.807) is 6.20 Å². The normalized spacial score (nSPS) is 9.89. The summed E-state index contributed by atoms with van der Waals surface area (Å²) in [6, 6.07) is 0. The Labute approximate surface area is 58.5 Å². The number of anilines is 1. The Morgan fingerprint density at radius 3 is 2.78 bits per heavy atom. The van der Waals surface area contributed by atoms with Crippen LogP contribution >= 0.6 is 12.2 Å². The van der Waals surface area contributed by atoms with E-state index in [9.17, 15) is 0 Å². The van der Waals surface area contributed by atoms with Crippen LogP contribution in [0.3, 0.4) is 0 Å². The van der Waals surface area contributed by atoms with E-state index < -0.39 is 0 Å². The third kappa shape index (κ3) is 1.13. The van der Waals surface area contributed by atoms with E-state index in [1.807, 2.05) is 11.5 Å². The molecule has 50 valence electrons. The summed E-state index contributed by atoms with van der Waals surface area (Å²) >= 11 is 4.90. The van der Waals surface area contributed by atoms with Gasteiger partial charge in [-0.2, -0.15) is 0 Å². The standard InChI is InChI=1S/C5H9N3S/c1-2-8-3-4(6)7-5(8)9/h3H,2,6H2,1H3,(H,7,9). The average molecular weight is 143 g/mol. The zero-order valence-corrected chi connectivity index (χ0v) is 6.03. The van der Waals surface area contributed by atoms with Gasteiger partial charge in [-0.05, 0) is 19.1 Å². The molecule has 3 nitrogen and oxygen atoms in total. The monoisotopic (exact) mass is 143 g/mol. The van der Waals surface area contributed by atoms with Crippen LogP contribution in [0.4, 0.5) is 5.82 Å². The van der Waals surface area contributed by atoms with Crippen molar-refractivity contribution in [1.29, 1.82) is 0 Å². The third-order valence-corrected chi connectivity index (χ3v) is 1.48. The first-order chi connectivity index (χ1) is 4.24. The van der Waals surface area contributed by atoms with E-state index in [-0.39, 0.29) is 0 Å². The van der Waals surface area contributed by atoms with Crippen molar-refractivity contribution in [1.82, 2.24) is 9.55 Å². The van der Waals surface area contributed by atoms with Gasteiger partial charge in [0.15, 0.2) is 4.77 Å². The van der Waals surface area contributed by atoms with Crippen LogP contribution in [0.2, 0.25) is 0 Å². The number of aryl methyl sites for hydroxylation is 1. The topological polar surface area (TPSA) is 46.7 Å². The fraction of sp³-hybridized carbons (Fsp3) is 0.400. The number of rotatable bonds is 1. The summed E-state index contributed by atoms with van der Waals surface area (Å²) in [5.74, 6) is 0.627. The van der Waals surface area contributed by atoms with Crippen LogP contribution in [0, 0.1) is 4.77 Å². The Morgan fingerprint density at radius 1 is 1.89 bits per heavy atom. The van der Waals surface area contributed by atoms with E-state index in [2.05, 4.69) is 4.98 Å². The minimum Gasteiger partial charge on any atom is -0.384 e. The number of hydrogen-bond acceptors (Lipinski definition) is 2. The average Bonchev–Trinajstić information content (AvgIpc) is 2.10. The van der Waals surface area contributed by atoms with E-state index in [1.165, 1.54) is 0 Å². The van der Waals surface area contributed by atoms with E-state index in [0.29, 0.717) is 10.6 Å². The van der Waals surface area contributed by atoms with Gasteiger partial charge in [-0.3, -0.25) is 0 Å². The Morgan fingerprint density at radius 2 is 2.56 bits per heavy atom. The van der Waals surface area contributed by atoms with Gasteiger partial charge in [0.25, 0.3) is 0 Å². The maximum absolute atomic E-state index is 5.41. The molecule has 0 aliphatic carbocycles. The molecule has 1 aromatic heterocycles. The Balaban J connectivity index is 3.16. The van der Waals surface area contributed by atoms with Crippen molar-refractivity contribution in [3.05, 3.63) is 11.0 Å². The maximum atomic E-state index is 5.41. The summed E-state index contributed by atoms with van der Waals surface area (Å²) in [6.45, 7) is 2.88. The summed E-state index contributed by atoms with van der Waals surface area (Å²) in [5.41, 5.74) is 5.41. The molecule has 0 atom stereocenters. The van der Waals surface area contributed by atoms with Gasteiger partial charge < -0.3 is 15.3 Å². The lowest BCUT2D eigenvalue weighted by Gasteiger charge is -1.89. The Kier molecular flexibility index (Phi) is 1.57. The van der Waals surface area contributed by atoms with Crippen LogP contribution in [-0.4, -0.2) is 9.55 Å². The van der Waals surface area contributed by atoms with Gasteiger partial charge in [-0.15, -0.1) is 0 Å². The van der Waals surface area contributed by atoms with E-state index in [4.69, 9.17) is 18.0 Å². The van der Waals surface area contributed by atoms with Crippen LogP contribution in [0.25, 0.3) is 0 Å². The van der Waals surface area contributed by atoms with Gasteiger partial charge in [-0.25, -0.2) is 0 Å². The lowest BCUT2D eigenvalue weighted by molar-refractivity contribution is 0.750. The first kappa shape index (κ1) is 6.35. The molecule has 1 aromatic rings. The van der Waals surface area contributed by atoms with Gasteiger partial charge in [-0.1, -0.05) is 0 Å². The largest absolute Gasteiger partial charge is 0.384 e. The second-order valence-electron chi connectivity index (χ2n) is 1.80. The van der Waals surface area contributed by atoms with Crippen molar-refractivity contribution in [2.45, 2.75) is 13.5 Å². The highest BCUT2D eigenvalue weighted by molar-refractivity contribution is 7.71. The lowest BCUT2D eigenvalue weighted by atomic mass is 10.7. The predicted molar refractivity (Wildman–Crippen MR) is 39.7 cm³/mol. The highest BCUT2D eigenvalue weighted by Gasteiger charge is 1.90. The summed E-state index contributed by atoms with van der Waals surface area (Å²) < 4.78 is 2.57. The van der Waals surface area contributed by atoms with Crippen molar-refractivity contribution < 1.29 is 0 Å². The van der Waals surface area contributed by atoms with Crippen LogP contribution in [-0.2, 0) is 6.54 Å². The summed E-state index contributed by atoms with van der Waals surface area (Å²) in [4.78, 5) is 2.81. The fourth-order valence-electron chi connectivity index (χ4n) is 0.689. The minimum absolute atomic E-state index is 0.627. The first-order valence-electron chi connectivity index (χ1n) is 2.79. The molecular weight excluding hydrogens is 134 g/mol. The number of nitrogen functional groups attached to an aromatic ring is 1. The smallest absolute Gasteiger partial charge is 0.178 e. The summed E-state index contributed by atoms with van der Waals surface area (Å²) in [6.07, 6.45) is 1.79. The van der Waals surface area contributed by atoms with Gasteiger partial charge >= 0.3 is 0 Å². The number of hydrogen-bond donors (Lipinski definition) is 2. The SMILES string of the molecule is CCn1cc(N)[nH]c1=S. The highest BCUT2D eigenvalue weighted by atomic mass is 32.1. The molecule has 0 spiro atoms.